The van der Waals surface area contributed by atoms with Crippen LogP contribution in [0.3, 0.4) is 0 Å². The second kappa shape index (κ2) is 3.96. The molecule has 2 nitrogen and oxygen atoms in total. The van der Waals surface area contributed by atoms with Gasteiger partial charge in [0.1, 0.15) is 0 Å². The second-order valence-corrected chi connectivity index (χ2v) is 4.64. The third kappa shape index (κ3) is 2.70. The quantitative estimate of drug-likeness (QED) is 0.719. The van der Waals surface area contributed by atoms with Gasteiger partial charge in [-0.05, 0) is 6.07 Å². The Hall–Kier alpha value is -1.09. The van der Waals surface area contributed by atoms with Crippen LogP contribution < -0.4 is 5.32 Å². The largest absolute Gasteiger partial charge is 0.778 e. The summed E-state index contributed by atoms with van der Waals surface area (Å²) in [5.74, 6) is -0.0187. The number of carbonyl (C=O) groups is 1. The summed E-state index contributed by atoms with van der Waals surface area (Å²) in [5, 5.41) is 2.81. The molecule has 0 atom stereocenters. The number of amides is 1. The smallest absolute Gasteiger partial charge is 0.229 e. The van der Waals surface area contributed by atoms with E-state index in [0.29, 0.717) is 10.6 Å². The normalized spacial score (nSPS) is 11.1. The molecule has 0 aliphatic rings. The van der Waals surface area contributed by atoms with Gasteiger partial charge in [0.05, 0.1) is 0 Å². The molecule has 0 saturated heterocycles. The molecule has 1 aromatic rings. The van der Waals surface area contributed by atoms with E-state index in [9.17, 15) is 4.79 Å². The molecule has 76 valence electrons. The van der Waals surface area contributed by atoms with Crippen LogP contribution in [0, 0.1) is 5.41 Å². The van der Waals surface area contributed by atoms with Crippen molar-refractivity contribution in [3.8, 4) is 0 Å². The van der Waals surface area contributed by atoms with Gasteiger partial charge in [0, 0.05) is 11.1 Å². The summed E-state index contributed by atoms with van der Waals surface area (Å²) in [4.78, 5) is 12.3. The van der Waals surface area contributed by atoms with Crippen molar-refractivity contribution in [3.63, 3.8) is 0 Å². The molecule has 14 heavy (non-hydrogen) atoms. The van der Waals surface area contributed by atoms with Gasteiger partial charge >= 0.3 is 0 Å². The van der Waals surface area contributed by atoms with E-state index in [1.807, 2.05) is 39.0 Å². The van der Waals surface area contributed by atoms with Crippen molar-refractivity contribution in [2.24, 2.45) is 5.41 Å². The van der Waals surface area contributed by atoms with E-state index in [1.165, 1.54) is 0 Å². The second-order valence-electron chi connectivity index (χ2n) is 4.20. The predicted octanol–water partition coefficient (Wildman–Crippen LogP) is 2.58. The first-order valence-electron chi connectivity index (χ1n) is 4.49. The minimum Gasteiger partial charge on any atom is -0.778 e. The zero-order valence-electron chi connectivity index (χ0n) is 8.63. The van der Waals surface area contributed by atoms with Gasteiger partial charge in [-0.1, -0.05) is 39.0 Å². The number of hydrogen-bond donors (Lipinski definition) is 1. The number of rotatable bonds is 1. The van der Waals surface area contributed by atoms with Crippen LogP contribution in [0.5, 0.6) is 0 Å². The molecule has 0 spiro atoms. The number of hydrogen-bond acceptors (Lipinski definition) is 2. The van der Waals surface area contributed by atoms with Crippen LogP contribution in [0.1, 0.15) is 20.8 Å². The van der Waals surface area contributed by atoms with Gasteiger partial charge in [0.25, 0.3) is 0 Å². The highest BCUT2D eigenvalue weighted by Crippen LogP contribution is 2.19. The molecule has 1 rings (SSSR count). The SMILES string of the molecule is CC(C)(C)C(=O)Nc1ccccc1[S-]. The van der Waals surface area contributed by atoms with Crippen molar-refractivity contribution in [1.29, 1.82) is 0 Å². The van der Waals surface area contributed by atoms with E-state index in [-0.39, 0.29) is 5.91 Å². The molecule has 0 saturated carbocycles. The minimum atomic E-state index is -0.391. The highest BCUT2D eigenvalue weighted by molar-refractivity contribution is 7.59. The van der Waals surface area contributed by atoms with Crippen LogP contribution in [0.25, 0.3) is 0 Å². The predicted molar refractivity (Wildman–Crippen MR) is 60.2 cm³/mol. The molecule has 1 aromatic carbocycles. The zero-order chi connectivity index (χ0) is 10.8. The highest BCUT2D eigenvalue weighted by atomic mass is 32.1. The number of anilines is 1. The zero-order valence-corrected chi connectivity index (χ0v) is 9.44. The Morgan fingerprint density at radius 1 is 1.29 bits per heavy atom. The third-order valence-electron chi connectivity index (χ3n) is 1.82. The van der Waals surface area contributed by atoms with Gasteiger partial charge < -0.3 is 17.9 Å². The van der Waals surface area contributed by atoms with E-state index in [4.69, 9.17) is 12.6 Å². The van der Waals surface area contributed by atoms with Crippen molar-refractivity contribution in [2.75, 3.05) is 5.32 Å². The van der Waals surface area contributed by atoms with Gasteiger partial charge in [-0.3, -0.25) is 4.79 Å². The molecule has 0 aromatic heterocycles. The lowest BCUT2D eigenvalue weighted by atomic mass is 9.95. The van der Waals surface area contributed by atoms with Crippen molar-refractivity contribution in [2.45, 2.75) is 25.7 Å². The van der Waals surface area contributed by atoms with Crippen LogP contribution >= 0.6 is 0 Å². The Labute approximate surface area is 90.1 Å². The summed E-state index contributed by atoms with van der Waals surface area (Å²) in [5.41, 5.74) is 0.319. The summed E-state index contributed by atoms with van der Waals surface area (Å²) in [6, 6.07) is 7.32. The summed E-state index contributed by atoms with van der Waals surface area (Å²) in [6.45, 7) is 5.61. The van der Waals surface area contributed by atoms with Gasteiger partial charge in [-0.2, -0.15) is 4.90 Å². The molecule has 0 heterocycles. The average molecular weight is 208 g/mol. The first-order valence-corrected chi connectivity index (χ1v) is 4.89. The fourth-order valence-electron chi connectivity index (χ4n) is 0.880. The molecule has 0 unspecified atom stereocenters. The van der Waals surface area contributed by atoms with E-state index in [2.05, 4.69) is 5.32 Å². The number of nitrogens with one attached hydrogen (secondary N) is 1. The summed E-state index contributed by atoms with van der Waals surface area (Å²) in [7, 11) is 0. The third-order valence-corrected chi connectivity index (χ3v) is 2.17. The molecular formula is C11H14NOS-. The van der Waals surface area contributed by atoms with Crippen LogP contribution in [0.4, 0.5) is 5.69 Å². The lowest BCUT2D eigenvalue weighted by Gasteiger charge is -2.21. The van der Waals surface area contributed by atoms with Crippen molar-refractivity contribution < 1.29 is 4.79 Å². The molecule has 0 radical (unpaired) electrons. The maximum absolute atomic E-state index is 11.6. The van der Waals surface area contributed by atoms with Gasteiger partial charge in [0.15, 0.2) is 0 Å². The van der Waals surface area contributed by atoms with E-state index >= 15 is 0 Å². The molecule has 0 aliphatic heterocycles. The van der Waals surface area contributed by atoms with Gasteiger partial charge in [-0.25, -0.2) is 0 Å². The fourth-order valence-corrected chi connectivity index (χ4v) is 1.08. The molecule has 0 aliphatic carbocycles. The summed E-state index contributed by atoms with van der Waals surface area (Å²) >= 11 is 5.08. The lowest BCUT2D eigenvalue weighted by Crippen LogP contribution is -2.27. The van der Waals surface area contributed by atoms with Crippen LogP contribution in [-0.2, 0) is 17.4 Å². The Balaban J connectivity index is 2.80. The molecule has 3 heteroatoms. The monoisotopic (exact) mass is 208 g/mol. The van der Waals surface area contributed by atoms with E-state index in [0.717, 1.165) is 0 Å². The van der Waals surface area contributed by atoms with Crippen LogP contribution in [-0.4, -0.2) is 5.91 Å². The van der Waals surface area contributed by atoms with E-state index in [1.54, 1.807) is 6.07 Å². The topological polar surface area (TPSA) is 29.1 Å². The van der Waals surface area contributed by atoms with Crippen LogP contribution in [0.2, 0.25) is 0 Å². The standard InChI is InChI=1S/C11H15NOS/c1-11(2,3)10(13)12-8-6-4-5-7-9(8)14/h4-7,14H,1-3H3,(H,12,13)/p-1. The molecular weight excluding hydrogens is 194 g/mol. The van der Waals surface area contributed by atoms with Gasteiger partial charge in [0.2, 0.25) is 5.91 Å². The maximum atomic E-state index is 11.6. The van der Waals surface area contributed by atoms with Crippen molar-refractivity contribution in [1.82, 2.24) is 0 Å². The first kappa shape index (κ1) is 11.0. The number of para-hydroxylation sites is 1. The Morgan fingerprint density at radius 3 is 2.36 bits per heavy atom. The van der Waals surface area contributed by atoms with Gasteiger partial charge in [-0.15, -0.1) is 0 Å². The first-order chi connectivity index (χ1) is 6.41. The van der Waals surface area contributed by atoms with Crippen LogP contribution in [0.15, 0.2) is 29.2 Å². The molecule has 1 N–H and O–H groups in total. The minimum absolute atomic E-state index is 0.0187. The maximum Gasteiger partial charge on any atom is 0.229 e. The Morgan fingerprint density at radius 2 is 1.86 bits per heavy atom. The Bertz CT molecular complexity index is 341. The lowest BCUT2D eigenvalue weighted by molar-refractivity contribution is -0.123. The highest BCUT2D eigenvalue weighted by Gasteiger charge is 2.20. The molecule has 1 amide bonds. The van der Waals surface area contributed by atoms with E-state index < -0.39 is 5.41 Å². The number of carbonyl (C=O) groups excluding carboxylic acids is 1. The number of benzene rings is 1. The Kier molecular flexibility index (Phi) is 3.11. The van der Waals surface area contributed by atoms with Crippen molar-refractivity contribution >= 4 is 24.2 Å². The summed E-state index contributed by atoms with van der Waals surface area (Å²) < 4.78 is 0. The average Bonchev–Trinajstić information content (AvgIpc) is 2.07. The summed E-state index contributed by atoms with van der Waals surface area (Å²) in [6.07, 6.45) is 0. The molecule has 0 bridgehead atoms. The fraction of sp³-hybridized carbons (Fsp3) is 0.364. The molecule has 0 fully saturated rings. The van der Waals surface area contributed by atoms with Crippen molar-refractivity contribution in [3.05, 3.63) is 24.3 Å².